The predicted molar refractivity (Wildman–Crippen MR) is 130 cm³/mol. The number of hydrogen-bond donors (Lipinski definition) is 0. The van der Waals surface area contributed by atoms with E-state index < -0.39 is 0 Å². The zero-order valence-corrected chi connectivity index (χ0v) is 20.2. The molecule has 2 aromatic heterocycles. The minimum absolute atomic E-state index is 0.429. The van der Waals surface area contributed by atoms with Crippen LogP contribution in [0.25, 0.3) is 22.8 Å². The van der Waals surface area contributed by atoms with Crippen LogP contribution >= 0.6 is 43.5 Å². The Morgan fingerprint density at radius 3 is 1.63 bits per heavy atom. The normalized spacial score (nSPS) is 10.2. The van der Waals surface area contributed by atoms with E-state index in [1.54, 1.807) is 12.4 Å². The summed E-state index contributed by atoms with van der Waals surface area (Å²) < 4.78 is 1.61. The standard InChI is InChI=1S/C12H12BrN3.C10H6BrClN2/c1-16(2)12-10(13)8-14-11(15-12)9-6-4-3-5-7-9;11-8-6-13-10(14-9(8)12)7-4-2-1-3-5-7/h3-8H,1-2H3;1-6H. The van der Waals surface area contributed by atoms with Gasteiger partial charge in [0.1, 0.15) is 11.0 Å². The average Bonchev–Trinajstić information content (AvgIpc) is 2.77. The second kappa shape index (κ2) is 10.6. The zero-order chi connectivity index (χ0) is 21.5. The monoisotopic (exact) mass is 545 g/mol. The molecule has 2 aromatic carbocycles. The van der Waals surface area contributed by atoms with Gasteiger partial charge in [-0.2, -0.15) is 0 Å². The first-order chi connectivity index (χ1) is 14.5. The van der Waals surface area contributed by atoms with Crippen LogP contribution in [0.5, 0.6) is 0 Å². The van der Waals surface area contributed by atoms with Crippen molar-refractivity contribution in [3.8, 4) is 22.8 Å². The SMILES string of the molecule is CN(C)c1nc(-c2ccccc2)ncc1Br.Clc1nc(-c2ccccc2)ncc1Br. The van der Waals surface area contributed by atoms with Gasteiger partial charge in [0.25, 0.3) is 0 Å². The van der Waals surface area contributed by atoms with E-state index in [1.807, 2.05) is 79.7 Å². The minimum atomic E-state index is 0.429. The van der Waals surface area contributed by atoms with E-state index in [9.17, 15) is 0 Å². The van der Waals surface area contributed by atoms with Crippen LogP contribution in [0.1, 0.15) is 0 Å². The average molecular weight is 548 g/mol. The van der Waals surface area contributed by atoms with Crippen molar-refractivity contribution >= 4 is 49.3 Å². The van der Waals surface area contributed by atoms with Crippen molar-refractivity contribution in [1.82, 2.24) is 19.9 Å². The predicted octanol–water partition coefficient (Wildman–Crippen LogP) is 6.53. The number of aromatic nitrogens is 4. The Hall–Kier alpha value is -2.35. The minimum Gasteiger partial charge on any atom is -0.362 e. The van der Waals surface area contributed by atoms with Gasteiger partial charge < -0.3 is 4.90 Å². The number of anilines is 1. The first kappa shape index (κ1) is 22.3. The summed E-state index contributed by atoms with van der Waals surface area (Å²) in [7, 11) is 3.92. The Labute approximate surface area is 197 Å². The maximum atomic E-state index is 5.87. The lowest BCUT2D eigenvalue weighted by Crippen LogP contribution is -2.12. The van der Waals surface area contributed by atoms with Crippen molar-refractivity contribution in [1.29, 1.82) is 0 Å². The highest BCUT2D eigenvalue weighted by Gasteiger charge is 2.08. The first-order valence-corrected chi connectivity index (χ1v) is 10.9. The van der Waals surface area contributed by atoms with Crippen molar-refractivity contribution in [2.24, 2.45) is 0 Å². The van der Waals surface area contributed by atoms with Gasteiger partial charge in [-0.1, -0.05) is 72.3 Å². The van der Waals surface area contributed by atoms with E-state index in [-0.39, 0.29) is 0 Å². The Morgan fingerprint density at radius 2 is 1.17 bits per heavy atom. The summed E-state index contributed by atoms with van der Waals surface area (Å²) in [6, 6.07) is 19.7. The molecular formula is C22H18Br2ClN5. The van der Waals surface area contributed by atoms with Crippen molar-refractivity contribution in [3.63, 3.8) is 0 Å². The number of rotatable bonds is 3. The molecule has 0 unspecified atom stereocenters. The molecule has 0 bridgehead atoms. The molecule has 0 saturated carbocycles. The molecule has 2 heterocycles. The third kappa shape index (κ3) is 5.84. The van der Waals surface area contributed by atoms with Gasteiger partial charge in [-0.05, 0) is 31.9 Å². The van der Waals surface area contributed by atoms with Gasteiger partial charge >= 0.3 is 0 Å². The largest absolute Gasteiger partial charge is 0.362 e. The van der Waals surface area contributed by atoms with Crippen LogP contribution in [0.2, 0.25) is 5.15 Å². The second-order valence-electron chi connectivity index (χ2n) is 6.32. The molecule has 0 aliphatic heterocycles. The van der Waals surface area contributed by atoms with E-state index in [1.165, 1.54) is 0 Å². The van der Waals surface area contributed by atoms with Crippen LogP contribution in [0.3, 0.4) is 0 Å². The number of halogens is 3. The van der Waals surface area contributed by atoms with Gasteiger partial charge in [0, 0.05) is 37.6 Å². The summed E-state index contributed by atoms with van der Waals surface area (Å²) >= 11 is 12.5. The highest BCUT2D eigenvalue weighted by atomic mass is 79.9. The summed E-state index contributed by atoms with van der Waals surface area (Å²) in [6.07, 6.45) is 3.43. The molecule has 0 fully saturated rings. The fourth-order valence-electron chi connectivity index (χ4n) is 2.47. The van der Waals surface area contributed by atoms with Crippen molar-refractivity contribution in [3.05, 3.63) is 87.2 Å². The summed E-state index contributed by atoms with van der Waals surface area (Å²) in [5.74, 6) is 2.26. The second-order valence-corrected chi connectivity index (χ2v) is 8.39. The van der Waals surface area contributed by atoms with E-state index in [2.05, 4.69) is 51.8 Å². The first-order valence-electron chi connectivity index (χ1n) is 8.94. The molecule has 0 spiro atoms. The van der Waals surface area contributed by atoms with Crippen molar-refractivity contribution in [2.45, 2.75) is 0 Å². The summed E-state index contributed by atoms with van der Waals surface area (Å²) in [4.78, 5) is 19.1. The molecule has 0 N–H and O–H groups in total. The molecule has 0 aliphatic carbocycles. The highest BCUT2D eigenvalue weighted by Crippen LogP contribution is 2.25. The van der Waals surface area contributed by atoms with Gasteiger partial charge in [0.2, 0.25) is 0 Å². The molecule has 0 atom stereocenters. The Morgan fingerprint density at radius 1 is 0.700 bits per heavy atom. The van der Waals surface area contributed by atoms with Crippen LogP contribution in [-0.4, -0.2) is 34.0 Å². The fraction of sp³-hybridized carbons (Fsp3) is 0.0909. The van der Waals surface area contributed by atoms with Gasteiger partial charge in [0.15, 0.2) is 11.6 Å². The molecule has 0 radical (unpaired) electrons. The van der Waals surface area contributed by atoms with E-state index in [0.717, 1.165) is 27.2 Å². The molecule has 0 saturated heterocycles. The fourth-order valence-corrected chi connectivity index (χ4v) is 3.34. The maximum Gasteiger partial charge on any atom is 0.161 e. The van der Waals surface area contributed by atoms with E-state index >= 15 is 0 Å². The number of nitrogens with zero attached hydrogens (tertiary/aromatic N) is 5. The van der Waals surface area contributed by atoms with Gasteiger partial charge in [-0.15, -0.1) is 0 Å². The smallest absolute Gasteiger partial charge is 0.161 e. The molecular weight excluding hydrogens is 530 g/mol. The van der Waals surface area contributed by atoms with E-state index in [0.29, 0.717) is 15.5 Å². The lowest BCUT2D eigenvalue weighted by molar-refractivity contribution is 1.03. The lowest BCUT2D eigenvalue weighted by atomic mass is 10.2. The molecule has 0 aliphatic rings. The van der Waals surface area contributed by atoms with Gasteiger partial charge in [0.05, 0.1) is 8.95 Å². The summed E-state index contributed by atoms with van der Waals surface area (Å²) in [5, 5.41) is 0.429. The van der Waals surface area contributed by atoms with E-state index in [4.69, 9.17) is 11.6 Å². The van der Waals surface area contributed by atoms with Crippen LogP contribution in [-0.2, 0) is 0 Å². The molecule has 4 rings (SSSR count). The molecule has 8 heteroatoms. The van der Waals surface area contributed by atoms with Crippen LogP contribution in [0.4, 0.5) is 5.82 Å². The Kier molecular flexibility index (Phi) is 7.90. The maximum absolute atomic E-state index is 5.87. The third-order valence-electron chi connectivity index (χ3n) is 3.91. The van der Waals surface area contributed by atoms with Crippen LogP contribution in [0, 0.1) is 0 Å². The molecule has 30 heavy (non-hydrogen) atoms. The Balaban J connectivity index is 0.000000172. The lowest BCUT2D eigenvalue weighted by Gasteiger charge is -2.13. The van der Waals surface area contributed by atoms with Crippen LogP contribution in [0.15, 0.2) is 82.0 Å². The quantitative estimate of drug-likeness (QED) is 0.273. The highest BCUT2D eigenvalue weighted by molar-refractivity contribution is 9.11. The van der Waals surface area contributed by atoms with Crippen molar-refractivity contribution in [2.75, 3.05) is 19.0 Å². The van der Waals surface area contributed by atoms with Gasteiger partial charge in [-0.25, -0.2) is 19.9 Å². The van der Waals surface area contributed by atoms with Gasteiger partial charge in [-0.3, -0.25) is 0 Å². The summed E-state index contributed by atoms with van der Waals surface area (Å²) in [6.45, 7) is 0. The van der Waals surface area contributed by atoms with Crippen LogP contribution < -0.4 is 4.90 Å². The third-order valence-corrected chi connectivity index (χ3v) is 5.57. The number of hydrogen-bond acceptors (Lipinski definition) is 5. The molecule has 152 valence electrons. The number of benzene rings is 2. The zero-order valence-electron chi connectivity index (χ0n) is 16.3. The topological polar surface area (TPSA) is 54.8 Å². The van der Waals surface area contributed by atoms with Crippen molar-refractivity contribution < 1.29 is 0 Å². The Bertz CT molecular complexity index is 1110. The molecule has 5 nitrogen and oxygen atoms in total. The molecule has 4 aromatic rings. The molecule has 0 amide bonds. The summed E-state index contributed by atoms with van der Waals surface area (Å²) in [5.41, 5.74) is 1.99.